The molecule has 33 heavy (non-hydrogen) atoms. The molecule has 3 aromatic rings. The molecule has 0 radical (unpaired) electrons. The minimum absolute atomic E-state index is 0.547. The molecule has 0 spiro atoms. The fourth-order valence-electron chi connectivity index (χ4n) is 4.86. The number of aryl methyl sites for hydroxylation is 1. The van der Waals surface area contributed by atoms with E-state index in [0.29, 0.717) is 11.8 Å². The highest BCUT2D eigenvalue weighted by molar-refractivity contribution is 5.81. The van der Waals surface area contributed by atoms with Crippen LogP contribution >= 0.6 is 0 Å². The highest BCUT2D eigenvalue weighted by Gasteiger charge is 2.30. The van der Waals surface area contributed by atoms with Crippen LogP contribution < -0.4 is 14.5 Å². The lowest BCUT2D eigenvalue weighted by Gasteiger charge is -2.31. The topological polar surface area (TPSA) is 55.1 Å². The summed E-state index contributed by atoms with van der Waals surface area (Å²) in [6.45, 7) is 5.90. The molecule has 1 saturated carbocycles. The number of aromatic nitrogens is 3. The zero-order chi connectivity index (χ0) is 22.9. The van der Waals surface area contributed by atoms with Crippen LogP contribution in [0.15, 0.2) is 30.5 Å². The predicted molar refractivity (Wildman–Crippen MR) is 133 cm³/mol. The number of rotatable bonds is 8. The number of ether oxygens (including phenoxy) is 2. The Labute approximate surface area is 196 Å². The van der Waals surface area contributed by atoms with Gasteiger partial charge in [-0.3, -0.25) is 0 Å². The van der Waals surface area contributed by atoms with Gasteiger partial charge in [0.25, 0.3) is 5.88 Å². The van der Waals surface area contributed by atoms with E-state index in [1.54, 1.807) is 7.11 Å². The van der Waals surface area contributed by atoms with Gasteiger partial charge in [0, 0.05) is 45.6 Å². The molecule has 1 saturated heterocycles. The Hall–Kier alpha value is -2.80. The lowest BCUT2D eigenvalue weighted by molar-refractivity contribution is 0.0572. The molecule has 1 aliphatic carbocycles. The van der Waals surface area contributed by atoms with Crippen molar-refractivity contribution < 1.29 is 9.47 Å². The molecule has 1 atom stereocenters. The SMILES string of the molecule is COc1nn2c(-c3cnc(N(C)C)cc3C)cccc2c1N(CC1CC1)CC1CCCOC1. The van der Waals surface area contributed by atoms with Crippen molar-refractivity contribution in [2.24, 2.45) is 11.8 Å². The number of hydrogen-bond acceptors (Lipinski definition) is 6. The van der Waals surface area contributed by atoms with Gasteiger partial charge in [0.15, 0.2) is 0 Å². The molecule has 176 valence electrons. The second kappa shape index (κ2) is 9.21. The predicted octanol–water partition coefficient (Wildman–Crippen LogP) is 4.42. The zero-order valence-corrected chi connectivity index (χ0v) is 20.3. The van der Waals surface area contributed by atoms with Crippen molar-refractivity contribution in [2.75, 3.05) is 57.3 Å². The van der Waals surface area contributed by atoms with Crippen molar-refractivity contribution >= 4 is 17.0 Å². The first-order chi connectivity index (χ1) is 16.0. The van der Waals surface area contributed by atoms with E-state index in [1.165, 1.54) is 24.8 Å². The summed E-state index contributed by atoms with van der Waals surface area (Å²) < 4.78 is 13.7. The first kappa shape index (κ1) is 22.0. The van der Waals surface area contributed by atoms with E-state index < -0.39 is 0 Å². The summed E-state index contributed by atoms with van der Waals surface area (Å²) in [6, 6.07) is 8.51. The van der Waals surface area contributed by atoms with Crippen molar-refractivity contribution in [1.82, 2.24) is 14.6 Å². The van der Waals surface area contributed by atoms with Crippen molar-refractivity contribution in [3.05, 3.63) is 36.0 Å². The summed E-state index contributed by atoms with van der Waals surface area (Å²) in [7, 11) is 5.75. The quantitative estimate of drug-likeness (QED) is 0.507. The van der Waals surface area contributed by atoms with Crippen LogP contribution in [0.5, 0.6) is 5.88 Å². The maximum absolute atomic E-state index is 5.85. The van der Waals surface area contributed by atoms with Crippen LogP contribution in [-0.2, 0) is 4.74 Å². The first-order valence-corrected chi connectivity index (χ1v) is 12.1. The van der Waals surface area contributed by atoms with Gasteiger partial charge in [-0.25, -0.2) is 9.50 Å². The third-order valence-corrected chi connectivity index (χ3v) is 6.85. The molecule has 0 amide bonds. The van der Waals surface area contributed by atoms with Crippen molar-refractivity contribution in [1.29, 1.82) is 0 Å². The van der Waals surface area contributed by atoms with E-state index in [2.05, 4.69) is 41.1 Å². The van der Waals surface area contributed by atoms with Gasteiger partial charge in [-0.1, -0.05) is 6.07 Å². The monoisotopic (exact) mass is 449 g/mol. The maximum Gasteiger partial charge on any atom is 0.257 e. The van der Waals surface area contributed by atoms with Crippen molar-refractivity contribution in [3.63, 3.8) is 0 Å². The van der Waals surface area contributed by atoms with Gasteiger partial charge in [-0.15, -0.1) is 5.10 Å². The Kier molecular flexibility index (Phi) is 6.15. The molecule has 5 rings (SSSR count). The second-order valence-corrected chi connectivity index (χ2v) is 9.75. The standard InChI is InChI=1S/C26H35N5O2/c1-18-13-24(29(2)3)27-14-21(18)22-8-5-9-23-25(26(32-4)28-31(22)23)30(15-19-10-11-19)16-20-7-6-12-33-17-20/h5,8-9,13-14,19-20H,6-7,10-12,15-17H2,1-4H3. The van der Waals surface area contributed by atoms with Gasteiger partial charge in [-0.05, 0) is 68.2 Å². The Balaban J connectivity index is 1.57. The van der Waals surface area contributed by atoms with Gasteiger partial charge in [0.1, 0.15) is 11.5 Å². The summed E-state index contributed by atoms with van der Waals surface area (Å²) in [4.78, 5) is 9.20. The Bertz CT molecular complexity index is 1120. The minimum Gasteiger partial charge on any atom is -0.478 e. The van der Waals surface area contributed by atoms with E-state index in [0.717, 1.165) is 66.9 Å². The number of hydrogen-bond donors (Lipinski definition) is 0. The number of nitrogens with zero attached hydrogens (tertiary/aromatic N) is 5. The summed E-state index contributed by atoms with van der Waals surface area (Å²) in [6.07, 6.45) is 6.94. The highest BCUT2D eigenvalue weighted by Crippen LogP contribution is 2.39. The van der Waals surface area contributed by atoms with Gasteiger partial charge in [0.05, 0.1) is 24.9 Å². The first-order valence-electron chi connectivity index (χ1n) is 12.1. The van der Waals surface area contributed by atoms with Crippen LogP contribution in [0, 0.1) is 18.8 Å². The Morgan fingerprint density at radius 2 is 1.97 bits per heavy atom. The average molecular weight is 450 g/mol. The molecule has 0 aromatic carbocycles. The van der Waals surface area contributed by atoms with Gasteiger partial charge in [0.2, 0.25) is 0 Å². The van der Waals surface area contributed by atoms with E-state index in [4.69, 9.17) is 14.6 Å². The van der Waals surface area contributed by atoms with Crippen molar-refractivity contribution in [2.45, 2.75) is 32.6 Å². The molecule has 0 bridgehead atoms. The Morgan fingerprint density at radius 3 is 2.64 bits per heavy atom. The number of methoxy groups -OCH3 is 1. The Morgan fingerprint density at radius 1 is 1.15 bits per heavy atom. The van der Waals surface area contributed by atoms with Gasteiger partial charge >= 0.3 is 0 Å². The fourth-order valence-corrected chi connectivity index (χ4v) is 4.86. The zero-order valence-electron chi connectivity index (χ0n) is 20.3. The van der Waals surface area contributed by atoms with E-state index >= 15 is 0 Å². The van der Waals surface area contributed by atoms with E-state index in [1.807, 2.05) is 29.7 Å². The summed E-state index contributed by atoms with van der Waals surface area (Å²) in [5.74, 6) is 2.95. The maximum atomic E-state index is 5.85. The average Bonchev–Trinajstić information content (AvgIpc) is 3.55. The summed E-state index contributed by atoms with van der Waals surface area (Å²) >= 11 is 0. The van der Waals surface area contributed by atoms with Crippen LogP contribution in [0.1, 0.15) is 31.2 Å². The van der Waals surface area contributed by atoms with Crippen LogP contribution in [0.3, 0.4) is 0 Å². The van der Waals surface area contributed by atoms with Gasteiger partial charge < -0.3 is 19.3 Å². The molecule has 7 nitrogen and oxygen atoms in total. The molecule has 4 heterocycles. The van der Waals surface area contributed by atoms with Crippen molar-refractivity contribution in [3.8, 4) is 17.1 Å². The third kappa shape index (κ3) is 4.51. The molecule has 2 fully saturated rings. The van der Waals surface area contributed by atoms with E-state index in [9.17, 15) is 0 Å². The molecule has 7 heteroatoms. The lowest BCUT2D eigenvalue weighted by atomic mass is 10.0. The molecular formula is C26H35N5O2. The molecule has 1 unspecified atom stereocenters. The highest BCUT2D eigenvalue weighted by atomic mass is 16.5. The largest absolute Gasteiger partial charge is 0.478 e. The smallest absolute Gasteiger partial charge is 0.257 e. The summed E-state index contributed by atoms with van der Waals surface area (Å²) in [5, 5.41) is 4.93. The molecule has 2 aliphatic rings. The lowest BCUT2D eigenvalue weighted by Crippen LogP contribution is -2.35. The number of pyridine rings is 2. The molecular weight excluding hydrogens is 414 g/mol. The second-order valence-electron chi connectivity index (χ2n) is 9.75. The minimum atomic E-state index is 0.547. The fraction of sp³-hybridized carbons (Fsp3) is 0.538. The van der Waals surface area contributed by atoms with Crippen LogP contribution in [0.25, 0.3) is 16.8 Å². The summed E-state index contributed by atoms with van der Waals surface area (Å²) in [5.41, 5.74) is 5.47. The normalized spacial score (nSPS) is 18.5. The third-order valence-electron chi connectivity index (χ3n) is 6.85. The molecule has 0 N–H and O–H groups in total. The van der Waals surface area contributed by atoms with E-state index in [-0.39, 0.29) is 0 Å². The number of fused-ring (bicyclic) bond motifs is 1. The molecule has 1 aliphatic heterocycles. The van der Waals surface area contributed by atoms with Crippen LogP contribution in [0.4, 0.5) is 11.5 Å². The van der Waals surface area contributed by atoms with Gasteiger partial charge in [-0.2, -0.15) is 0 Å². The van der Waals surface area contributed by atoms with Crippen LogP contribution in [-0.4, -0.2) is 62.1 Å². The van der Waals surface area contributed by atoms with Crippen LogP contribution in [0.2, 0.25) is 0 Å². The number of anilines is 2. The molecule has 3 aromatic heterocycles.